The largest absolute Gasteiger partial charge is 0.478 e. The molecule has 5 nitrogen and oxygen atoms in total. The number of likely N-dealkylation sites (N-methyl/N-ethyl adjacent to an activating group) is 1. The van der Waals surface area contributed by atoms with Crippen LogP contribution in [0.25, 0.3) is 0 Å². The minimum atomic E-state index is -0.941. The van der Waals surface area contributed by atoms with Crippen LogP contribution in [-0.2, 0) is 11.2 Å². The standard InChI is InChI=1S/C15H20N2O3/c1-17(14(20)15(16)8-4-9-15)10-7-11-5-2-3-6-12(11)13(18)19/h2-3,5-6H,4,7-10,16H2,1H3,(H,18,19). The number of nitrogens with two attached hydrogens (primary N) is 1. The lowest BCUT2D eigenvalue weighted by atomic mass is 9.76. The molecule has 1 aliphatic rings. The van der Waals surface area contributed by atoms with Crippen LogP contribution in [0.4, 0.5) is 0 Å². The summed E-state index contributed by atoms with van der Waals surface area (Å²) in [5.74, 6) is -0.986. The van der Waals surface area contributed by atoms with E-state index in [0.717, 1.165) is 24.8 Å². The zero-order valence-corrected chi connectivity index (χ0v) is 11.6. The highest BCUT2D eigenvalue weighted by atomic mass is 16.4. The van der Waals surface area contributed by atoms with Crippen LogP contribution in [0, 0.1) is 0 Å². The Bertz CT molecular complexity index is 524. The van der Waals surface area contributed by atoms with Crippen molar-refractivity contribution < 1.29 is 14.7 Å². The number of carbonyl (C=O) groups is 2. The Labute approximate surface area is 118 Å². The Kier molecular flexibility index (Phi) is 4.09. The second-order valence-electron chi connectivity index (χ2n) is 5.45. The summed E-state index contributed by atoms with van der Waals surface area (Å²) < 4.78 is 0. The van der Waals surface area contributed by atoms with Crippen LogP contribution in [0.15, 0.2) is 24.3 Å². The first-order valence-electron chi connectivity index (χ1n) is 6.80. The quantitative estimate of drug-likeness (QED) is 0.848. The summed E-state index contributed by atoms with van der Waals surface area (Å²) in [6, 6.07) is 6.87. The lowest BCUT2D eigenvalue weighted by Crippen LogP contribution is -2.59. The average molecular weight is 276 g/mol. The fourth-order valence-corrected chi connectivity index (χ4v) is 2.49. The molecular formula is C15H20N2O3. The molecule has 0 aliphatic heterocycles. The molecule has 0 atom stereocenters. The number of carboxylic acids is 1. The fourth-order valence-electron chi connectivity index (χ4n) is 2.49. The van der Waals surface area contributed by atoms with Crippen molar-refractivity contribution in [3.8, 4) is 0 Å². The molecule has 108 valence electrons. The van der Waals surface area contributed by atoms with Gasteiger partial charge in [0.15, 0.2) is 0 Å². The number of carboxylic acid groups (broad SMARTS) is 1. The monoisotopic (exact) mass is 276 g/mol. The Morgan fingerprint density at radius 3 is 2.55 bits per heavy atom. The van der Waals surface area contributed by atoms with Crippen LogP contribution in [0.1, 0.15) is 35.2 Å². The maximum atomic E-state index is 12.2. The molecule has 20 heavy (non-hydrogen) atoms. The molecule has 0 spiro atoms. The first-order chi connectivity index (χ1) is 9.44. The molecule has 0 aromatic heterocycles. The highest BCUT2D eigenvalue weighted by Crippen LogP contribution is 2.30. The van der Waals surface area contributed by atoms with E-state index in [0.29, 0.717) is 18.5 Å². The molecule has 1 amide bonds. The van der Waals surface area contributed by atoms with Gasteiger partial charge < -0.3 is 15.7 Å². The van der Waals surface area contributed by atoms with E-state index < -0.39 is 11.5 Å². The van der Waals surface area contributed by atoms with Gasteiger partial charge in [-0.05, 0) is 37.3 Å². The van der Waals surface area contributed by atoms with Crippen molar-refractivity contribution >= 4 is 11.9 Å². The average Bonchev–Trinajstić information content (AvgIpc) is 2.41. The Balaban J connectivity index is 1.98. The number of carbonyl (C=O) groups excluding carboxylic acids is 1. The van der Waals surface area contributed by atoms with Gasteiger partial charge in [-0.2, -0.15) is 0 Å². The Morgan fingerprint density at radius 2 is 2.00 bits per heavy atom. The fraction of sp³-hybridized carbons (Fsp3) is 0.467. The maximum Gasteiger partial charge on any atom is 0.335 e. The number of nitrogens with zero attached hydrogens (tertiary/aromatic N) is 1. The maximum absolute atomic E-state index is 12.2. The molecule has 2 rings (SSSR count). The normalized spacial score (nSPS) is 16.3. The zero-order chi connectivity index (χ0) is 14.8. The van der Waals surface area contributed by atoms with Crippen LogP contribution in [0.2, 0.25) is 0 Å². The molecule has 0 bridgehead atoms. The van der Waals surface area contributed by atoms with Crippen LogP contribution < -0.4 is 5.73 Å². The van der Waals surface area contributed by atoms with Crippen LogP contribution in [-0.4, -0.2) is 41.0 Å². The summed E-state index contributed by atoms with van der Waals surface area (Å²) in [4.78, 5) is 24.9. The molecular weight excluding hydrogens is 256 g/mol. The highest BCUT2D eigenvalue weighted by molar-refractivity contribution is 5.89. The minimum Gasteiger partial charge on any atom is -0.478 e. The molecule has 5 heteroatoms. The summed E-state index contributed by atoms with van der Waals surface area (Å²) in [7, 11) is 1.72. The number of hydrogen-bond donors (Lipinski definition) is 2. The van der Waals surface area contributed by atoms with E-state index in [9.17, 15) is 9.59 Å². The Morgan fingerprint density at radius 1 is 1.35 bits per heavy atom. The molecule has 1 saturated carbocycles. The molecule has 0 saturated heterocycles. The first kappa shape index (κ1) is 14.5. The third kappa shape index (κ3) is 2.82. The number of rotatable bonds is 5. The Hall–Kier alpha value is -1.88. The van der Waals surface area contributed by atoms with Gasteiger partial charge in [-0.1, -0.05) is 18.2 Å². The molecule has 1 aromatic carbocycles. The van der Waals surface area contributed by atoms with Crippen molar-refractivity contribution in [2.75, 3.05) is 13.6 Å². The predicted molar refractivity (Wildman–Crippen MR) is 75.5 cm³/mol. The number of benzene rings is 1. The smallest absolute Gasteiger partial charge is 0.335 e. The summed E-state index contributed by atoms with van der Waals surface area (Å²) in [6.45, 7) is 0.474. The van der Waals surface area contributed by atoms with Gasteiger partial charge in [0.25, 0.3) is 0 Å². The van der Waals surface area contributed by atoms with E-state index in [1.807, 2.05) is 0 Å². The van der Waals surface area contributed by atoms with E-state index in [4.69, 9.17) is 10.8 Å². The van der Waals surface area contributed by atoms with Crippen LogP contribution >= 0.6 is 0 Å². The van der Waals surface area contributed by atoms with Crippen molar-refractivity contribution in [1.29, 1.82) is 0 Å². The summed E-state index contributed by atoms with van der Waals surface area (Å²) >= 11 is 0. The first-order valence-corrected chi connectivity index (χ1v) is 6.80. The van der Waals surface area contributed by atoms with Gasteiger partial charge in [0.2, 0.25) is 5.91 Å². The van der Waals surface area contributed by atoms with Gasteiger partial charge in [0.1, 0.15) is 0 Å². The molecule has 1 aliphatic carbocycles. The number of aromatic carboxylic acids is 1. The second kappa shape index (κ2) is 5.63. The lowest BCUT2D eigenvalue weighted by molar-refractivity contribution is -0.138. The van der Waals surface area contributed by atoms with Crippen LogP contribution in [0.5, 0.6) is 0 Å². The highest BCUT2D eigenvalue weighted by Gasteiger charge is 2.41. The molecule has 3 N–H and O–H groups in total. The lowest BCUT2D eigenvalue weighted by Gasteiger charge is -2.39. The third-order valence-corrected chi connectivity index (χ3v) is 3.98. The van der Waals surface area contributed by atoms with Crippen molar-refractivity contribution in [1.82, 2.24) is 4.90 Å². The molecule has 0 heterocycles. The summed E-state index contributed by atoms with van der Waals surface area (Å²) in [6.07, 6.45) is 2.99. The topological polar surface area (TPSA) is 83.6 Å². The van der Waals surface area contributed by atoms with E-state index in [1.165, 1.54) is 0 Å². The predicted octanol–water partition coefficient (Wildman–Crippen LogP) is 1.27. The van der Waals surface area contributed by atoms with Crippen molar-refractivity contribution in [2.24, 2.45) is 5.73 Å². The number of hydrogen-bond acceptors (Lipinski definition) is 3. The minimum absolute atomic E-state index is 0.0449. The third-order valence-electron chi connectivity index (χ3n) is 3.98. The van der Waals surface area contributed by atoms with Gasteiger partial charge in [-0.15, -0.1) is 0 Å². The van der Waals surface area contributed by atoms with Gasteiger partial charge >= 0.3 is 5.97 Å². The SMILES string of the molecule is CN(CCc1ccccc1C(=O)O)C(=O)C1(N)CCC1. The van der Waals surface area contributed by atoms with Crippen LogP contribution in [0.3, 0.4) is 0 Å². The molecule has 1 aromatic rings. The van der Waals surface area contributed by atoms with Crippen molar-refractivity contribution in [3.63, 3.8) is 0 Å². The van der Waals surface area contributed by atoms with E-state index >= 15 is 0 Å². The van der Waals surface area contributed by atoms with Gasteiger partial charge in [0, 0.05) is 13.6 Å². The zero-order valence-electron chi connectivity index (χ0n) is 11.6. The number of amides is 1. The van der Waals surface area contributed by atoms with Crippen molar-refractivity contribution in [2.45, 2.75) is 31.2 Å². The van der Waals surface area contributed by atoms with E-state index in [2.05, 4.69) is 0 Å². The van der Waals surface area contributed by atoms with E-state index in [-0.39, 0.29) is 5.91 Å². The van der Waals surface area contributed by atoms with Gasteiger partial charge in [0.05, 0.1) is 11.1 Å². The summed E-state index contributed by atoms with van der Waals surface area (Å²) in [5, 5.41) is 9.12. The molecule has 0 radical (unpaired) electrons. The molecule has 0 unspecified atom stereocenters. The van der Waals surface area contributed by atoms with Crippen molar-refractivity contribution in [3.05, 3.63) is 35.4 Å². The van der Waals surface area contributed by atoms with Gasteiger partial charge in [-0.3, -0.25) is 4.79 Å². The van der Waals surface area contributed by atoms with Gasteiger partial charge in [-0.25, -0.2) is 4.79 Å². The second-order valence-corrected chi connectivity index (χ2v) is 5.45. The molecule has 1 fully saturated rings. The summed E-state index contributed by atoms with van der Waals surface area (Å²) in [5.41, 5.74) is 6.34. The van der Waals surface area contributed by atoms with E-state index in [1.54, 1.807) is 36.2 Å².